The van der Waals surface area contributed by atoms with E-state index in [-0.39, 0.29) is 7.43 Å². The zero-order valence-corrected chi connectivity index (χ0v) is 11.7. The van der Waals surface area contributed by atoms with Crippen molar-refractivity contribution in [1.29, 1.82) is 0 Å². The highest BCUT2D eigenvalue weighted by molar-refractivity contribution is 5.21. The number of hydrogen-bond acceptors (Lipinski definition) is 2. The molecule has 0 fully saturated rings. The summed E-state index contributed by atoms with van der Waals surface area (Å²) < 4.78 is 9.50. The van der Waals surface area contributed by atoms with Crippen molar-refractivity contribution in [1.82, 2.24) is 5.01 Å². The number of alkyl halides is 1. The molecule has 0 saturated carbocycles. The summed E-state index contributed by atoms with van der Waals surface area (Å²) in [6.45, 7) is 6.52. The van der Waals surface area contributed by atoms with E-state index in [4.69, 9.17) is 5.84 Å². The molecule has 112 valence electrons. The zero-order valence-electron chi connectivity index (χ0n) is 11.7. The van der Waals surface area contributed by atoms with Crippen molar-refractivity contribution >= 4 is 0 Å². The normalized spacial score (nSPS) is 10.3. The minimum atomic E-state index is 0. The first-order valence-corrected chi connectivity index (χ1v) is 6.17. The molecule has 0 heterocycles. The lowest BCUT2D eigenvalue weighted by Crippen LogP contribution is -2.31. The van der Waals surface area contributed by atoms with Crippen molar-refractivity contribution < 1.29 is 4.39 Å². The highest BCUT2D eigenvalue weighted by atomic mass is 19.1. The zero-order chi connectivity index (χ0) is 14.5. The number of halogens is 1. The van der Waals surface area contributed by atoms with E-state index in [2.05, 4.69) is 18.7 Å². The number of nitrogens with zero attached hydrogens (tertiary/aromatic N) is 1. The van der Waals surface area contributed by atoms with E-state index in [0.717, 1.165) is 18.7 Å². The smallest absolute Gasteiger partial charge is 0.0785 e. The fourth-order valence-corrected chi connectivity index (χ4v) is 1.50. The van der Waals surface area contributed by atoms with Crippen LogP contribution in [0.3, 0.4) is 0 Å². The van der Waals surface area contributed by atoms with Crippen molar-refractivity contribution in [3.8, 4) is 0 Å². The summed E-state index contributed by atoms with van der Waals surface area (Å²) in [5.74, 6) is 5.98. The quantitative estimate of drug-likeness (QED) is 0.478. The van der Waals surface area contributed by atoms with Crippen LogP contribution in [-0.2, 0) is 6.42 Å². The summed E-state index contributed by atoms with van der Waals surface area (Å²) in [5.41, 5.74) is 2.22. The van der Waals surface area contributed by atoms with E-state index >= 15 is 0 Å². The molecule has 1 aromatic rings. The number of hydrogen-bond donors (Lipinski definition) is 1. The van der Waals surface area contributed by atoms with Crippen LogP contribution in [0.4, 0.5) is 4.39 Å². The van der Waals surface area contributed by atoms with Crippen molar-refractivity contribution in [3.05, 3.63) is 72.5 Å². The minimum Gasteiger partial charge on any atom is -0.311 e. The Labute approximate surface area is 123 Å². The van der Waals surface area contributed by atoms with E-state index in [0.29, 0.717) is 7.18 Å². The van der Waals surface area contributed by atoms with E-state index in [9.17, 15) is 4.39 Å². The monoisotopic (exact) mass is 278 g/mol. The predicted molar refractivity (Wildman–Crippen MR) is 87.9 cm³/mol. The third-order valence-corrected chi connectivity index (χ3v) is 2.48. The average molecular weight is 278 g/mol. The highest BCUT2D eigenvalue weighted by Gasteiger charge is 2.00. The maximum Gasteiger partial charge on any atom is 0.0785 e. The van der Waals surface area contributed by atoms with Gasteiger partial charge in [-0.15, -0.1) is 0 Å². The number of allylic oxidation sites excluding steroid dienone is 4. The number of rotatable bonds is 6. The Morgan fingerprint density at radius 3 is 2.40 bits per heavy atom. The molecule has 0 bridgehead atoms. The molecule has 0 atom stereocenters. The van der Waals surface area contributed by atoms with Gasteiger partial charge < -0.3 is 5.01 Å². The molecule has 0 unspecified atom stereocenters. The molecular weight excluding hydrogens is 251 g/mol. The summed E-state index contributed by atoms with van der Waals surface area (Å²) >= 11 is 0. The van der Waals surface area contributed by atoms with Gasteiger partial charge >= 0.3 is 0 Å². The highest BCUT2D eigenvalue weighted by Crippen LogP contribution is 2.05. The van der Waals surface area contributed by atoms with Gasteiger partial charge in [0.25, 0.3) is 0 Å². The number of nitrogens with two attached hydrogens (primary N) is 1. The second-order valence-electron chi connectivity index (χ2n) is 3.75. The summed E-state index contributed by atoms with van der Waals surface area (Å²) in [5, 5.41) is 1.72. The maximum atomic E-state index is 9.50. The molecule has 0 aliphatic heterocycles. The average Bonchev–Trinajstić information content (AvgIpc) is 2.49. The van der Waals surface area contributed by atoms with Gasteiger partial charge in [-0.2, -0.15) is 0 Å². The number of benzene rings is 1. The SMILES string of the molecule is C.C=C/C(=C\C=C/C)N(N)CCc1ccccc1.CF. The van der Waals surface area contributed by atoms with Crippen LogP contribution in [-0.4, -0.2) is 18.7 Å². The van der Waals surface area contributed by atoms with Crippen LogP contribution in [0.5, 0.6) is 0 Å². The van der Waals surface area contributed by atoms with E-state index in [1.165, 1.54) is 5.56 Å². The molecule has 20 heavy (non-hydrogen) atoms. The van der Waals surface area contributed by atoms with Gasteiger partial charge in [0.2, 0.25) is 0 Å². The Kier molecular flexibility index (Phi) is 13.9. The third-order valence-electron chi connectivity index (χ3n) is 2.48. The molecule has 0 spiro atoms. The fraction of sp³-hybridized carbons (Fsp3) is 0.294. The molecule has 0 amide bonds. The van der Waals surface area contributed by atoms with Gasteiger partial charge in [0, 0.05) is 6.54 Å². The van der Waals surface area contributed by atoms with Crippen molar-refractivity contribution in [2.24, 2.45) is 5.84 Å². The summed E-state index contributed by atoms with van der Waals surface area (Å²) in [7, 11) is 0.500. The fourth-order valence-electron chi connectivity index (χ4n) is 1.50. The summed E-state index contributed by atoms with van der Waals surface area (Å²) in [6, 6.07) is 10.3. The Morgan fingerprint density at radius 2 is 1.90 bits per heavy atom. The van der Waals surface area contributed by atoms with E-state index in [1.54, 1.807) is 11.1 Å². The first-order valence-electron chi connectivity index (χ1n) is 6.17. The lowest BCUT2D eigenvalue weighted by molar-refractivity contribution is 0.375. The van der Waals surface area contributed by atoms with Crippen molar-refractivity contribution in [2.45, 2.75) is 20.8 Å². The van der Waals surface area contributed by atoms with Crippen LogP contribution in [0.2, 0.25) is 0 Å². The molecular formula is C17H27FN2. The lowest BCUT2D eigenvalue weighted by atomic mass is 10.1. The Balaban J connectivity index is 0. The van der Waals surface area contributed by atoms with Gasteiger partial charge in [-0.3, -0.25) is 4.39 Å². The topological polar surface area (TPSA) is 29.3 Å². The van der Waals surface area contributed by atoms with Gasteiger partial charge in [0.05, 0.1) is 12.9 Å². The second-order valence-corrected chi connectivity index (χ2v) is 3.75. The van der Waals surface area contributed by atoms with E-state index < -0.39 is 0 Å². The summed E-state index contributed by atoms with van der Waals surface area (Å²) in [6.07, 6.45) is 8.58. The largest absolute Gasteiger partial charge is 0.311 e. The van der Waals surface area contributed by atoms with Crippen LogP contribution < -0.4 is 5.84 Å². The molecule has 2 N–H and O–H groups in total. The van der Waals surface area contributed by atoms with Crippen LogP contribution in [0.25, 0.3) is 0 Å². The molecule has 0 radical (unpaired) electrons. The van der Waals surface area contributed by atoms with Crippen molar-refractivity contribution in [2.75, 3.05) is 13.7 Å². The molecule has 2 nitrogen and oxygen atoms in total. The molecule has 3 heteroatoms. The van der Waals surface area contributed by atoms with Gasteiger partial charge in [-0.1, -0.05) is 56.5 Å². The molecule has 1 rings (SSSR count). The van der Waals surface area contributed by atoms with Gasteiger partial charge in [-0.25, -0.2) is 5.84 Å². The molecule has 0 aliphatic rings. The first kappa shape index (κ1) is 20.4. The molecule has 0 aliphatic carbocycles. The third kappa shape index (κ3) is 8.27. The Bertz CT molecular complexity index is 397. The maximum absolute atomic E-state index is 9.50. The van der Waals surface area contributed by atoms with Crippen LogP contribution in [0, 0.1) is 0 Å². The summed E-state index contributed by atoms with van der Waals surface area (Å²) in [4.78, 5) is 0. The van der Waals surface area contributed by atoms with Crippen LogP contribution >= 0.6 is 0 Å². The van der Waals surface area contributed by atoms with E-state index in [1.807, 2.05) is 43.4 Å². The number of hydrazine groups is 1. The lowest BCUT2D eigenvalue weighted by Gasteiger charge is -2.19. The van der Waals surface area contributed by atoms with Crippen LogP contribution in [0.15, 0.2) is 66.9 Å². The Morgan fingerprint density at radius 1 is 1.30 bits per heavy atom. The van der Waals surface area contributed by atoms with Crippen LogP contribution in [0.1, 0.15) is 19.9 Å². The standard InChI is InChI=1S/C15H20N2.CH3F.CH4/c1-3-5-11-15(4-2)17(16)13-12-14-9-7-6-8-10-14;1-2;/h3-11H,2,12-13,16H2,1H3;1H3;1H4/b5-3-,15-11+;;. The molecule has 0 saturated heterocycles. The van der Waals surface area contributed by atoms with Crippen molar-refractivity contribution in [3.63, 3.8) is 0 Å². The van der Waals surface area contributed by atoms with Gasteiger partial charge in [0.1, 0.15) is 0 Å². The van der Waals surface area contributed by atoms with Gasteiger partial charge in [-0.05, 0) is 31.1 Å². The second kappa shape index (κ2) is 13.6. The molecule has 1 aromatic carbocycles. The van der Waals surface area contributed by atoms with Gasteiger partial charge in [0.15, 0.2) is 0 Å². The minimum absolute atomic E-state index is 0. The Hall–Kier alpha value is -1.87. The molecule has 0 aromatic heterocycles. The first-order chi connectivity index (χ1) is 9.27. The predicted octanol–water partition coefficient (Wildman–Crippen LogP) is 4.27.